The molecule has 2 unspecified atom stereocenters. The quantitative estimate of drug-likeness (QED) is 0.765. The topological polar surface area (TPSA) is 55.1 Å². The maximum atomic E-state index is 12.2. The van der Waals surface area contributed by atoms with Gasteiger partial charge in [0.15, 0.2) is 0 Å². The Bertz CT molecular complexity index is 255. The van der Waals surface area contributed by atoms with Crippen LogP contribution in [0.3, 0.4) is 0 Å². The van der Waals surface area contributed by atoms with E-state index in [9.17, 15) is 4.79 Å². The monoisotopic (exact) mass is 254 g/mol. The van der Waals surface area contributed by atoms with Crippen LogP contribution in [0.25, 0.3) is 0 Å². The van der Waals surface area contributed by atoms with Crippen LogP contribution >= 0.6 is 0 Å². The van der Waals surface area contributed by atoms with E-state index in [-0.39, 0.29) is 11.8 Å². The van der Waals surface area contributed by atoms with E-state index >= 15 is 0 Å². The Morgan fingerprint density at radius 1 is 1.22 bits per heavy atom. The van der Waals surface area contributed by atoms with Gasteiger partial charge in [-0.05, 0) is 43.1 Å². The Morgan fingerprint density at radius 2 is 1.83 bits per heavy atom. The second-order valence-corrected chi connectivity index (χ2v) is 6.43. The van der Waals surface area contributed by atoms with E-state index in [1.165, 1.54) is 0 Å². The molecule has 0 bridgehead atoms. The van der Waals surface area contributed by atoms with Gasteiger partial charge in [-0.15, -0.1) is 0 Å². The summed E-state index contributed by atoms with van der Waals surface area (Å²) in [5, 5.41) is 3.16. The lowest BCUT2D eigenvalue weighted by Crippen LogP contribution is -2.39. The van der Waals surface area contributed by atoms with Crippen molar-refractivity contribution in [1.82, 2.24) is 5.32 Å². The van der Waals surface area contributed by atoms with Gasteiger partial charge in [-0.2, -0.15) is 0 Å². The average molecular weight is 254 g/mol. The Labute approximate surface area is 112 Å². The summed E-state index contributed by atoms with van der Waals surface area (Å²) in [6.07, 6.45) is 3.28. The molecular formula is C15H30N2O. The van der Waals surface area contributed by atoms with Gasteiger partial charge in [0.1, 0.15) is 0 Å². The maximum Gasteiger partial charge on any atom is 0.223 e. The fraction of sp³-hybridized carbons (Fsp3) is 0.933. The zero-order chi connectivity index (χ0) is 13.7. The zero-order valence-electron chi connectivity index (χ0n) is 12.4. The van der Waals surface area contributed by atoms with Crippen molar-refractivity contribution < 1.29 is 4.79 Å². The summed E-state index contributed by atoms with van der Waals surface area (Å²) in [4.78, 5) is 12.2. The van der Waals surface area contributed by atoms with Crippen LogP contribution in [0.15, 0.2) is 0 Å². The van der Waals surface area contributed by atoms with Gasteiger partial charge in [0.2, 0.25) is 5.91 Å². The van der Waals surface area contributed by atoms with Gasteiger partial charge in [0.25, 0.3) is 0 Å². The molecule has 0 saturated heterocycles. The Balaban J connectivity index is 2.44. The highest BCUT2D eigenvalue weighted by molar-refractivity contribution is 5.79. The van der Waals surface area contributed by atoms with Crippen molar-refractivity contribution in [3.05, 3.63) is 0 Å². The van der Waals surface area contributed by atoms with Crippen LogP contribution in [0.5, 0.6) is 0 Å². The lowest BCUT2D eigenvalue weighted by atomic mass is 9.85. The summed E-state index contributed by atoms with van der Waals surface area (Å²) in [6, 6.07) is 0. The summed E-state index contributed by atoms with van der Waals surface area (Å²) in [5.41, 5.74) is 5.73. The number of hydrogen-bond acceptors (Lipinski definition) is 2. The second-order valence-electron chi connectivity index (χ2n) is 6.43. The molecule has 0 aliphatic heterocycles. The predicted molar refractivity (Wildman–Crippen MR) is 76.1 cm³/mol. The third kappa shape index (κ3) is 3.98. The summed E-state index contributed by atoms with van der Waals surface area (Å²) >= 11 is 0. The van der Waals surface area contributed by atoms with Crippen molar-refractivity contribution in [2.75, 3.05) is 13.1 Å². The van der Waals surface area contributed by atoms with Crippen LogP contribution in [-0.4, -0.2) is 19.0 Å². The Hall–Kier alpha value is -0.570. The summed E-state index contributed by atoms with van der Waals surface area (Å²) in [6.45, 7) is 10.4. The Morgan fingerprint density at radius 3 is 2.33 bits per heavy atom. The van der Waals surface area contributed by atoms with Crippen molar-refractivity contribution in [3.63, 3.8) is 0 Å². The number of carbonyl (C=O) groups is 1. The van der Waals surface area contributed by atoms with E-state index in [1.54, 1.807) is 0 Å². The van der Waals surface area contributed by atoms with E-state index < -0.39 is 0 Å². The van der Waals surface area contributed by atoms with Crippen LogP contribution in [0.1, 0.15) is 47.0 Å². The first-order valence-corrected chi connectivity index (χ1v) is 7.45. The normalized spacial score (nSPS) is 24.2. The van der Waals surface area contributed by atoms with Crippen molar-refractivity contribution in [1.29, 1.82) is 0 Å². The third-order valence-electron chi connectivity index (χ3n) is 4.52. The van der Waals surface area contributed by atoms with Crippen LogP contribution in [0, 0.1) is 29.6 Å². The molecule has 106 valence electrons. The molecule has 1 saturated carbocycles. The minimum absolute atomic E-state index is 0.162. The lowest BCUT2D eigenvalue weighted by molar-refractivity contribution is -0.126. The van der Waals surface area contributed by atoms with Gasteiger partial charge < -0.3 is 11.1 Å². The fourth-order valence-electron chi connectivity index (χ4n) is 3.25. The Kier molecular flexibility index (Phi) is 6.13. The minimum atomic E-state index is 0.162. The van der Waals surface area contributed by atoms with E-state index in [0.717, 1.165) is 25.8 Å². The molecule has 1 fully saturated rings. The molecule has 1 aliphatic carbocycles. The van der Waals surface area contributed by atoms with Crippen LogP contribution in [-0.2, 0) is 4.79 Å². The number of hydrogen-bond donors (Lipinski definition) is 2. The molecule has 1 rings (SSSR count). The van der Waals surface area contributed by atoms with Crippen molar-refractivity contribution >= 4 is 5.91 Å². The van der Waals surface area contributed by atoms with Gasteiger partial charge in [-0.1, -0.05) is 34.1 Å². The van der Waals surface area contributed by atoms with Crippen LogP contribution in [0.2, 0.25) is 0 Å². The molecule has 3 heteroatoms. The number of nitrogens with one attached hydrogen (secondary N) is 1. The molecule has 2 atom stereocenters. The minimum Gasteiger partial charge on any atom is -0.356 e. The van der Waals surface area contributed by atoms with Gasteiger partial charge in [0, 0.05) is 12.5 Å². The standard InChI is InChI=1S/C15H30N2O/c1-10(2)14(11(3)4)9-17-15(18)13-7-5-6-12(13)8-16/h10-14H,5-9,16H2,1-4H3,(H,17,18). The smallest absolute Gasteiger partial charge is 0.223 e. The zero-order valence-corrected chi connectivity index (χ0v) is 12.4. The van der Waals surface area contributed by atoms with Crippen LogP contribution < -0.4 is 11.1 Å². The highest BCUT2D eigenvalue weighted by atomic mass is 16.1. The van der Waals surface area contributed by atoms with Crippen molar-refractivity contribution in [2.45, 2.75) is 47.0 Å². The van der Waals surface area contributed by atoms with Crippen molar-refractivity contribution in [2.24, 2.45) is 35.3 Å². The molecule has 18 heavy (non-hydrogen) atoms. The molecule has 3 nitrogen and oxygen atoms in total. The first kappa shape index (κ1) is 15.5. The molecule has 0 aromatic carbocycles. The number of nitrogens with two attached hydrogens (primary N) is 1. The van der Waals surface area contributed by atoms with Gasteiger partial charge in [-0.25, -0.2) is 0 Å². The molecule has 0 spiro atoms. The molecule has 1 amide bonds. The van der Waals surface area contributed by atoms with Crippen LogP contribution in [0.4, 0.5) is 0 Å². The largest absolute Gasteiger partial charge is 0.356 e. The van der Waals surface area contributed by atoms with E-state index in [4.69, 9.17) is 5.73 Å². The SMILES string of the molecule is CC(C)C(CNC(=O)C1CCCC1CN)C(C)C. The first-order valence-electron chi connectivity index (χ1n) is 7.45. The summed E-state index contributed by atoms with van der Waals surface area (Å²) < 4.78 is 0. The second kappa shape index (κ2) is 7.13. The first-order chi connectivity index (χ1) is 8.47. The highest BCUT2D eigenvalue weighted by Gasteiger charge is 2.32. The molecule has 0 radical (unpaired) electrons. The molecule has 3 N–H and O–H groups in total. The van der Waals surface area contributed by atoms with Gasteiger partial charge >= 0.3 is 0 Å². The van der Waals surface area contributed by atoms with Gasteiger partial charge in [-0.3, -0.25) is 4.79 Å². The molecule has 0 aromatic rings. The van der Waals surface area contributed by atoms with E-state index in [2.05, 4.69) is 33.0 Å². The van der Waals surface area contributed by atoms with E-state index in [1.807, 2.05) is 0 Å². The lowest BCUT2D eigenvalue weighted by Gasteiger charge is -2.26. The predicted octanol–water partition coefficient (Wildman–Crippen LogP) is 2.41. The molecule has 0 heterocycles. The van der Waals surface area contributed by atoms with E-state index in [0.29, 0.717) is 30.2 Å². The number of carbonyl (C=O) groups excluding carboxylic acids is 1. The average Bonchev–Trinajstić information content (AvgIpc) is 2.75. The maximum absolute atomic E-state index is 12.2. The van der Waals surface area contributed by atoms with Gasteiger partial charge in [0.05, 0.1) is 0 Å². The highest BCUT2D eigenvalue weighted by Crippen LogP contribution is 2.31. The fourth-order valence-corrected chi connectivity index (χ4v) is 3.25. The summed E-state index contributed by atoms with van der Waals surface area (Å²) in [5.74, 6) is 2.58. The third-order valence-corrected chi connectivity index (χ3v) is 4.52. The number of amides is 1. The number of rotatable bonds is 6. The molecule has 0 aromatic heterocycles. The van der Waals surface area contributed by atoms with Crippen molar-refractivity contribution in [3.8, 4) is 0 Å². The molecular weight excluding hydrogens is 224 g/mol. The summed E-state index contributed by atoms with van der Waals surface area (Å²) in [7, 11) is 0. The molecule has 1 aliphatic rings.